The molecule has 28 heavy (non-hydrogen) atoms. The van der Waals surface area contributed by atoms with Gasteiger partial charge in [0, 0.05) is 13.0 Å². The van der Waals surface area contributed by atoms with E-state index in [4.69, 9.17) is 28.4 Å². The molecule has 0 heterocycles. The summed E-state index contributed by atoms with van der Waals surface area (Å²) in [6.07, 6.45) is 3.55. The Balaban J connectivity index is 3.07. The largest absolute Gasteiger partial charge is 0.463 e. The van der Waals surface area contributed by atoms with E-state index in [1.807, 2.05) is 14.1 Å². The first-order valence-electron chi connectivity index (χ1n) is 10.4. The SMILES string of the molecule is CCCCCC(=O)OCCOCCOCCOCCOCCOCCN(C)C. The smallest absolute Gasteiger partial charge is 0.305 e. The first-order valence-corrected chi connectivity index (χ1v) is 10.4. The molecule has 0 N–H and O–H groups in total. The predicted molar refractivity (Wildman–Crippen MR) is 108 cm³/mol. The van der Waals surface area contributed by atoms with Gasteiger partial charge in [-0.15, -0.1) is 0 Å². The van der Waals surface area contributed by atoms with E-state index in [2.05, 4.69) is 11.8 Å². The summed E-state index contributed by atoms with van der Waals surface area (Å²) in [5.41, 5.74) is 0. The van der Waals surface area contributed by atoms with Crippen molar-refractivity contribution >= 4 is 5.97 Å². The highest BCUT2D eigenvalue weighted by atomic mass is 16.6. The molecule has 0 aromatic heterocycles. The van der Waals surface area contributed by atoms with Crippen molar-refractivity contribution in [1.82, 2.24) is 4.90 Å². The third kappa shape index (κ3) is 23.3. The molecule has 0 aliphatic carbocycles. The lowest BCUT2D eigenvalue weighted by Gasteiger charge is -2.10. The van der Waals surface area contributed by atoms with Crippen molar-refractivity contribution in [3.63, 3.8) is 0 Å². The zero-order valence-electron chi connectivity index (χ0n) is 18.1. The second-order valence-corrected chi connectivity index (χ2v) is 6.54. The van der Waals surface area contributed by atoms with Crippen LogP contribution in [0.25, 0.3) is 0 Å². The minimum atomic E-state index is -0.147. The van der Waals surface area contributed by atoms with E-state index < -0.39 is 0 Å². The van der Waals surface area contributed by atoms with Crippen LogP contribution in [0.3, 0.4) is 0 Å². The summed E-state index contributed by atoms with van der Waals surface area (Å²) in [7, 11) is 4.03. The summed E-state index contributed by atoms with van der Waals surface area (Å²) in [5, 5.41) is 0. The van der Waals surface area contributed by atoms with Crippen LogP contribution in [0.15, 0.2) is 0 Å². The average Bonchev–Trinajstić information content (AvgIpc) is 2.67. The lowest BCUT2D eigenvalue weighted by Crippen LogP contribution is -2.19. The molecule has 0 atom stereocenters. The highest BCUT2D eigenvalue weighted by molar-refractivity contribution is 5.69. The van der Waals surface area contributed by atoms with Crippen LogP contribution in [0.5, 0.6) is 0 Å². The number of likely N-dealkylation sites (N-methyl/N-ethyl adjacent to an activating group) is 1. The molecule has 0 amide bonds. The van der Waals surface area contributed by atoms with E-state index in [1.54, 1.807) is 0 Å². The summed E-state index contributed by atoms with van der Waals surface area (Å²) >= 11 is 0. The summed E-state index contributed by atoms with van der Waals surface area (Å²) in [4.78, 5) is 13.4. The Morgan fingerprint density at radius 1 is 0.643 bits per heavy atom. The molecule has 0 aliphatic rings. The third-order valence-corrected chi connectivity index (χ3v) is 3.65. The number of ether oxygens (including phenoxy) is 6. The second-order valence-electron chi connectivity index (χ2n) is 6.54. The first kappa shape index (κ1) is 27.2. The van der Waals surface area contributed by atoms with E-state index in [-0.39, 0.29) is 5.97 Å². The molecule has 0 unspecified atom stereocenters. The number of unbranched alkanes of at least 4 members (excludes halogenated alkanes) is 2. The van der Waals surface area contributed by atoms with Crippen molar-refractivity contribution in [2.24, 2.45) is 0 Å². The Morgan fingerprint density at radius 3 is 1.50 bits per heavy atom. The van der Waals surface area contributed by atoms with Gasteiger partial charge in [0.05, 0.1) is 66.1 Å². The molecule has 0 saturated carbocycles. The maximum atomic E-state index is 11.4. The van der Waals surface area contributed by atoms with Crippen molar-refractivity contribution in [2.75, 3.05) is 93.3 Å². The highest BCUT2D eigenvalue weighted by Crippen LogP contribution is 2.00. The van der Waals surface area contributed by atoms with Gasteiger partial charge >= 0.3 is 5.97 Å². The van der Waals surface area contributed by atoms with Gasteiger partial charge in [-0.2, -0.15) is 0 Å². The standard InChI is InChI=1S/C20H41NO7/c1-4-5-6-7-20(22)28-19-18-27-17-16-26-15-14-25-13-12-24-11-10-23-9-8-21(2)3/h4-19H2,1-3H3. The number of nitrogens with zero attached hydrogens (tertiary/aromatic N) is 1. The predicted octanol–water partition coefficient (Wildman–Crippen LogP) is 1.75. The van der Waals surface area contributed by atoms with Crippen molar-refractivity contribution in [1.29, 1.82) is 0 Å². The summed E-state index contributed by atoms with van der Waals surface area (Å²) in [6, 6.07) is 0. The van der Waals surface area contributed by atoms with E-state index >= 15 is 0 Å². The van der Waals surface area contributed by atoms with Gasteiger partial charge in [-0.1, -0.05) is 19.8 Å². The molecule has 0 aromatic rings. The number of hydrogen-bond acceptors (Lipinski definition) is 8. The van der Waals surface area contributed by atoms with Crippen LogP contribution >= 0.6 is 0 Å². The fourth-order valence-corrected chi connectivity index (χ4v) is 2.03. The number of hydrogen-bond donors (Lipinski definition) is 0. The lowest BCUT2D eigenvalue weighted by atomic mass is 10.2. The van der Waals surface area contributed by atoms with Gasteiger partial charge < -0.3 is 33.3 Å². The van der Waals surface area contributed by atoms with Crippen LogP contribution in [-0.4, -0.2) is 104 Å². The van der Waals surface area contributed by atoms with E-state index in [9.17, 15) is 4.79 Å². The Kier molecular flexibility index (Phi) is 21.9. The maximum Gasteiger partial charge on any atom is 0.305 e. The molecule has 0 fully saturated rings. The summed E-state index contributed by atoms with van der Waals surface area (Å²) in [5.74, 6) is -0.147. The minimum absolute atomic E-state index is 0.147. The van der Waals surface area contributed by atoms with Crippen molar-refractivity contribution in [2.45, 2.75) is 32.6 Å². The minimum Gasteiger partial charge on any atom is -0.463 e. The molecule has 0 aromatic carbocycles. The average molecular weight is 408 g/mol. The zero-order chi connectivity index (χ0) is 20.7. The molecule has 0 saturated heterocycles. The third-order valence-electron chi connectivity index (χ3n) is 3.65. The quantitative estimate of drug-likeness (QED) is 0.198. The van der Waals surface area contributed by atoms with Gasteiger partial charge in [0.15, 0.2) is 0 Å². The Morgan fingerprint density at radius 2 is 1.07 bits per heavy atom. The number of rotatable bonds is 22. The monoisotopic (exact) mass is 407 g/mol. The molecule has 8 nitrogen and oxygen atoms in total. The van der Waals surface area contributed by atoms with Gasteiger partial charge in [-0.25, -0.2) is 0 Å². The summed E-state index contributed by atoms with van der Waals surface area (Å²) in [6.45, 7) is 8.74. The molecule has 0 rings (SSSR count). The van der Waals surface area contributed by atoms with Crippen molar-refractivity contribution in [3.05, 3.63) is 0 Å². The molecule has 0 radical (unpaired) electrons. The van der Waals surface area contributed by atoms with Crippen LogP contribution in [-0.2, 0) is 33.2 Å². The van der Waals surface area contributed by atoms with E-state index in [0.717, 1.165) is 32.4 Å². The molecular weight excluding hydrogens is 366 g/mol. The summed E-state index contributed by atoms with van der Waals surface area (Å²) < 4.78 is 32.0. The fraction of sp³-hybridized carbons (Fsp3) is 0.950. The van der Waals surface area contributed by atoms with Crippen molar-refractivity contribution < 1.29 is 33.2 Å². The lowest BCUT2D eigenvalue weighted by molar-refractivity contribution is -0.145. The van der Waals surface area contributed by atoms with E-state index in [0.29, 0.717) is 72.5 Å². The second kappa shape index (κ2) is 22.5. The number of carbonyl (C=O) groups excluding carboxylic acids is 1. The normalized spacial score (nSPS) is 11.3. The molecule has 168 valence electrons. The van der Waals surface area contributed by atoms with Gasteiger partial charge in [0.25, 0.3) is 0 Å². The van der Waals surface area contributed by atoms with Gasteiger partial charge in [-0.3, -0.25) is 4.79 Å². The molecular formula is C20H41NO7. The molecule has 0 spiro atoms. The van der Waals surface area contributed by atoms with Crippen LogP contribution < -0.4 is 0 Å². The van der Waals surface area contributed by atoms with Crippen molar-refractivity contribution in [3.8, 4) is 0 Å². The Bertz CT molecular complexity index is 330. The van der Waals surface area contributed by atoms with Gasteiger partial charge in [-0.05, 0) is 20.5 Å². The van der Waals surface area contributed by atoms with E-state index in [1.165, 1.54) is 0 Å². The zero-order valence-corrected chi connectivity index (χ0v) is 18.1. The topological polar surface area (TPSA) is 75.7 Å². The molecule has 0 aliphatic heterocycles. The molecule has 0 bridgehead atoms. The Labute approximate surface area is 170 Å². The first-order chi connectivity index (χ1) is 13.7. The maximum absolute atomic E-state index is 11.4. The van der Waals surface area contributed by atoms with Crippen LogP contribution in [0.1, 0.15) is 32.6 Å². The van der Waals surface area contributed by atoms with Crippen LogP contribution in [0.2, 0.25) is 0 Å². The van der Waals surface area contributed by atoms with Gasteiger partial charge in [0.1, 0.15) is 6.61 Å². The van der Waals surface area contributed by atoms with Crippen LogP contribution in [0.4, 0.5) is 0 Å². The number of esters is 1. The fourth-order valence-electron chi connectivity index (χ4n) is 2.03. The van der Waals surface area contributed by atoms with Gasteiger partial charge in [0.2, 0.25) is 0 Å². The highest BCUT2D eigenvalue weighted by Gasteiger charge is 2.01. The van der Waals surface area contributed by atoms with Crippen LogP contribution in [0, 0.1) is 0 Å². The molecule has 8 heteroatoms. The Hall–Kier alpha value is -0.770. The number of carbonyl (C=O) groups is 1.